The average Bonchev–Trinajstić information content (AvgIpc) is 2.70. The van der Waals surface area contributed by atoms with E-state index >= 15 is 0 Å². The highest BCUT2D eigenvalue weighted by molar-refractivity contribution is 9.10. The number of methoxy groups -OCH3 is 2. The number of hydrogen-bond acceptors (Lipinski definition) is 4. The lowest BCUT2D eigenvalue weighted by atomic mass is 10.2. The summed E-state index contributed by atoms with van der Waals surface area (Å²) >= 11 is 3.28. The van der Waals surface area contributed by atoms with Crippen LogP contribution in [0.3, 0.4) is 0 Å². The minimum Gasteiger partial charge on any atom is -0.469 e. The fourth-order valence-corrected chi connectivity index (χ4v) is 1.82. The van der Waals surface area contributed by atoms with Crippen LogP contribution in [0.5, 0.6) is 0 Å². The molecular formula is C10H12BrNO4. The molecule has 0 N–H and O–H groups in total. The van der Waals surface area contributed by atoms with E-state index in [1.165, 1.54) is 14.2 Å². The van der Waals surface area contributed by atoms with Crippen molar-refractivity contribution in [2.24, 2.45) is 0 Å². The average molecular weight is 290 g/mol. The maximum Gasteiger partial charge on any atom is 0.329 e. The van der Waals surface area contributed by atoms with Crippen molar-refractivity contribution in [3.63, 3.8) is 0 Å². The van der Waals surface area contributed by atoms with E-state index in [1.807, 2.05) is 0 Å². The maximum atomic E-state index is 11.5. The summed E-state index contributed by atoms with van der Waals surface area (Å²) in [5.74, 6) is -0.946. The molecule has 1 rings (SSSR count). The first-order valence-electron chi connectivity index (χ1n) is 4.57. The van der Waals surface area contributed by atoms with Gasteiger partial charge in [0.15, 0.2) is 0 Å². The number of aromatic nitrogens is 1. The van der Waals surface area contributed by atoms with Gasteiger partial charge in [0.2, 0.25) is 0 Å². The van der Waals surface area contributed by atoms with E-state index in [9.17, 15) is 9.59 Å². The summed E-state index contributed by atoms with van der Waals surface area (Å²) in [5, 5.41) is 0. The number of nitrogens with zero attached hydrogens (tertiary/aromatic N) is 1. The molecule has 1 aromatic heterocycles. The summed E-state index contributed by atoms with van der Waals surface area (Å²) in [7, 11) is 2.56. The van der Waals surface area contributed by atoms with Crippen molar-refractivity contribution in [3.05, 3.63) is 22.9 Å². The molecule has 0 fully saturated rings. The first kappa shape index (κ1) is 12.8. The highest BCUT2D eigenvalue weighted by Crippen LogP contribution is 2.21. The molecule has 0 bridgehead atoms. The molecule has 0 amide bonds. The molecule has 0 saturated carbocycles. The standard InChI is InChI=1S/C10H12BrNO4/c1-15-9(13)6-7(10(14)16-2)12-5-3-4-8(12)11/h3-5,7H,6H2,1-2H3/t7-/m1/s1. The molecule has 0 unspecified atom stereocenters. The van der Waals surface area contributed by atoms with Gasteiger partial charge in [0, 0.05) is 6.20 Å². The molecule has 0 saturated heterocycles. The minimum absolute atomic E-state index is 0.0591. The lowest BCUT2D eigenvalue weighted by molar-refractivity contribution is -0.151. The van der Waals surface area contributed by atoms with Gasteiger partial charge in [-0.2, -0.15) is 0 Å². The number of ether oxygens (including phenoxy) is 2. The molecule has 0 aromatic carbocycles. The third-order valence-corrected chi connectivity index (χ3v) is 2.80. The maximum absolute atomic E-state index is 11.5. The number of halogens is 1. The second-order valence-corrected chi connectivity index (χ2v) is 3.87. The van der Waals surface area contributed by atoms with Crippen LogP contribution in [0.4, 0.5) is 0 Å². The van der Waals surface area contributed by atoms with Crippen LogP contribution in [-0.4, -0.2) is 30.7 Å². The summed E-state index contributed by atoms with van der Waals surface area (Å²) in [5.41, 5.74) is 0. The monoisotopic (exact) mass is 289 g/mol. The molecule has 0 spiro atoms. The SMILES string of the molecule is COC(=O)C[C@H](C(=O)OC)n1cccc1Br. The van der Waals surface area contributed by atoms with Gasteiger partial charge in [-0.05, 0) is 28.1 Å². The Balaban J connectivity index is 2.92. The van der Waals surface area contributed by atoms with Gasteiger partial charge in [-0.3, -0.25) is 4.79 Å². The summed E-state index contributed by atoms with van der Waals surface area (Å²) < 4.78 is 11.5. The van der Waals surface area contributed by atoms with Crippen molar-refractivity contribution in [1.29, 1.82) is 0 Å². The Bertz CT molecular complexity index is 388. The largest absolute Gasteiger partial charge is 0.469 e. The Labute approximate surface area is 101 Å². The highest BCUT2D eigenvalue weighted by Gasteiger charge is 2.25. The molecular weight excluding hydrogens is 278 g/mol. The molecule has 88 valence electrons. The topological polar surface area (TPSA) is 57.5 Å². The van der Waals surface area contributed by atoms with Crippen LogP contribution in [-0.2, 0) is 19.1 Å². The highest BCUT2D eigenvalue weighted by atomic mass is 79.9. The van der Waals surface area contributed by atoms with Crippen molar-refractivity contribution >= 4 is 27.9 Å². The number of hydrogen-bond donors (Lipinski definition) is 0. The van der Waals surface area contributed by atoms with Gasteiger partial charge in [0.05, 0.1) is 25.2 Å². The third-order valence-electron chi connectivity index (χ3n) is 2.12. The molecule has 1 atom stereocenters. The van der Waals surface area contributed by atoms with E-state index in [2.05, 4.69) is 25.4 Å². The summed E-state index contributed by atoms with van der Waals surface area (Å²) in [4.78, 5) is 22.7. The van der Waals surface area contributed by atoms with Gasteiger partial charge in [0.1, 0.15) is 6.04 Å². The van der Waals surface area contributed by atoms with Crippen LogP contribution >= 0.6 is 15.9 Å². The van der Waals surface area contributed by atoms with E-state index in [0.717, 1.165) is 0 Å². The second kappa shape index (κ2) is 5.69. The van der Waals surface area contributed by atoms with Crippen LogP contribution in [0.1, 0.15) is 12.5 Å². The number of carbonyl (C=O) groups is 2. The van der Waals surface area contributed by atoms with E-state index in [0.29, 0.717) is 4.60 Å². The molecule has 6 heteroatoms. The Morgan fingerprint density at radius 3 is 2.56 bits per heavy atom. The molecule has 1 aromatic rings. The smallest absolute Gasteiger partial charge is 0.329 e. The number of esters is 2. The Morgan fingerprint density at radius 2 is 2.12 bits per heavy atom. The first-order valence-corrected chi connectivity index (χ1v) is 5.36. The third kappa shape index (κ3) is 2.85. The van der Waals surface area contributed by atoms with Crippen LogP contribution in [0.2, 0.25) is 0 Å². The van der Waals surface area contributed by atoms with Gasteiger partial charge in [-0.25, -0.2) is 4.79 Å². The Hall–Kier alpha value is -1.30. The quantitative estimate of drug-likeness (QED) is 0.789. The lowest BCUT2D eigenvalue weighted by Crippen LogP contribution is -2.24. The summed E-state index contributed by atoms with van der Waals surface area (Å²) in [6.07, 6.45) is 1.63. The molecule has 16 heavy (non-hydrogen) atoms. The van der Waals surface area contributed by atoms with Crippen LogP contribution in [0.15, 0.2) is 22.9 Å². The second-order valence-electron chi connectivity index (χ2n) is 3.06. The predicted molar refractivity (Wildman–Crippen MR) is 59.8 cm³/mol. The van der Waals surface area contributed by atoms with Gasteiger partial charge in [0.25, 0.3) is 0 Å². The predicted octanol–water partition coefficient (Wildman–Crippen LogP) is 1.53. The molecule has 0 radical (unpaired) electrons. The first-order chi connectivity index (χ1) is 7.60. The zero-order valence-electron chi connectivity index (χ0n) is 8.97. The molecule has 0 aliphatic heterocycles. The number of carbonyl (C=O) groups excluding carboxylic acids is 2. The van der Waals surface area contributed by atoms with Gasteiger partial charge in [-0.15, -0.1) is 0 Å². The summed E-state index contributed by atoms with van der Waals surface area (Å²) in [6.45, 7) is 0. The van der Waals surface area contributed by atoms with Gasteiger partial charge in [-0.1, -0.05) is 0 Å². The summed E-state index contributed by atoms with van der Waals surface area (Å²) in [6, 6.07) is 2.83. The lowest BCUT2D eigenvalue weighted by Gasteiger charge is -2.16. The van der Waals surface area contributed by atoms with Crippen molar-refractivity contribution in [2.75, 3.05) is 14.2 Å². The van der Waals surface area contributed by atoms with Gasteiger partial charge < -0.3 is 14.0 Å². The fourth-order valence-electron chi connectivity index (χ4n) is 1.30. The molecule has 5 nitrogen and oxygen atoms in total. The number of rotatable bonds is 4. The molecule has 0 aliphatic rings. The van der Waals surface area contributed by atoms with Crippen LogP contribution in [0.25, 0.3) is 0 Å². The van der Waals surface area contributed by atoms with Crippen molar-refractivity contribution in [1.82, 2.24) is 4.57 Å². The van der Waals surface area contributed by atoms with Crippen molar-refractivity contribution < 1.29 is 19.1 Å². The van der Waals surface area contributed by atoms with Crippen LogP contribution in [0, 0.1) is 0 Å². The molecule has 1 heterocycles. The Morgan fingerprint density at radius 1 is 1.44 bits per heavy atom. The van der Waals surface area contributed by atoms with Gasteiger partial charge >= 0.3 is 11.9 Å². The molecule has 0 aliphatic carbocycles. The van der Waals surface area contributed by atoms with E-state index in [1.54, 1.807) is 22.9 Å². The zero-order valence-corrected chi connectivity index (χ0v) is 10.6. The van der Waals surface area contributed by atoms with Crippen LogP contribution < -0.4 is 0 Å². The van der Waals surface area contributed by atoms with Crippen molar-refractivity contribution in [3.8, 4) is 0 Å². The van der Waals surface area contributed by atoms with E-state index < -0.39 is 18.0 Å². The van der Waals surface area contributed by atoms with E-state index in [-0.39, 0.29) is 6.42 Å². The van der Waals surface area contributed by atoms with Crippen molar-refractivity contribution in [2.45, 2.75) is 12.5 Å². The normalized spacial score (nSPS) is 11.9. The minimum atomic E-state index is -0.707. The van der Waals surface area contributed by atoms with E-state index in [4.69, 9.17) is 0 Å². The fraction of sp³-hybridized carbons (Fsp3) is 0.400. The zero-order chi connectivity index (χ0) is 12.1. The Kier molecular flexibility index (Phi) is 4.54.